The van der Waals surface area contributed by atoms with Crippen molar-refractivity contribution in [1.29, 1.82) is 0 Å². The van der Waals surface area contributed by atoms with E-state index >= 15 is 0 Å². The van der Waals surface area contributed by atoms with E-state index in [0.29, 0.717) is 0 Å². The summed E-state index contributed by atoms with van der Waals surface area (Å²) in [4.78, 5) is 13.5. The zero-order valence-corrected chi connectivity index (χ0v) is 11.3. The van der Waals surface area contributed by atoms with E-state index in [4.69, 9.17) is 0 Å². The molecule has 3 rings (SSSR count). The zero-order chi connectivity index (χ0) is 14.7. The predicted molar refractivity (Wildman–Crippen MR) is 76.7 cm³/mol. The first-order chi connectivity index (χ1) is 10.3. The summed E-state index contributed by atoms with van der Waals surface area (Å²) in [6.07, 6.45) is 6.11. The van der Waals surface area contributed by atoms with Crippen LogP contribution in [0.4, 0.5) is 0 Å². The van der Waals surface area contributed by atoms with Gasteiger partial charge >= 0.3 is 0 Å². The molecule has 2 N–H and O–H groups in total. The minimum Gasteiger partial charge on any atom is -0.394 e. The van der Waals surface area contributed by atoms with Crippen LogP contribution >= 0.6 is 0 Å². The summed E-state index contributed by atoms with van der Waals surface area (Å²) in [7, 11) is 0. The van der Waals surface area contributed by atoms with E-state index in [0.717, 1.165) is 5.56 Å². The van der Waals surface area contributed by atoms with Gasteiger partial charge in [-0.15, -0.1) is 0 Å². The molecule has 0 radical (unpaired) electrons. The smallest absolute Gasteiger partial charge is 0.248 e. The molecule has 2 atom stereocenters. The number of rotatable bonds is 4. The fourth-order valence-electron chi connectivity index (χ4n) is 2.43. The Bertz CT molecular complexity index is 624. The van der Waals surface area contributed by atoms with Gasteiger partial charge in [0.1, 0.15) is 0 Å². The number of carbonyl (C=O) groups excluding carboxylic acids is 1. The number of aliphatic hydroxyl groups excluding tert-OH is 1. The minimum absolute atomic E-state index is 0.0675. The Hall–Kier alpha value is -2.60. The minimum atomic E-state index is -0.463. The summed E-state index contributed by atoms with van der Waals surface area (Å²) in [5.41, 5.74) is 0.970. The molecule has 2 aromatic rings. The fourth-order valence-corrected chi connectivity index (χ4v) is 2.43. The van der Waals surface area contributed by atoms with Crippen LogP contribution in [-0.4, -0.2) is 32.3 Å². The maximum atomic E-state index is 11.6. The standard InChI is InChI=1S/C15H16N4O2/c20-11-13(12-5-2-1-3-6-12)18-10-7-14(21)17-15(18)19-9-4-8-16-19/h1-10,13,15,20H,11H2,(H,17,21)/t13-,15?/m0/s1. The van der Waals surface area contributed by atoms with E-state index in [1.54, 1.807) is 29.3 Å². The average Bonchev–Trinajstić information content (AvgIpc) is 3.05. The Morgan fingerprint density at radius 1 is 1.29 bits per heavy atom. The molecule has 1 aromatic carbocycles. The number of nitrogens with zero attached hydrogens (tertiary/aromatic N) is 3. The molecular formula is C15H16N4O2. The highest BCUT2D eigenvalue weighted by molar-refractivity contribution is 5.88. The quantitative estimate of drug-likeness (QED) is 0.879. The number of hydrogen-bond donors (Lipinski definition) is 2. The molecule has 0 spiro atoms. The van der Waals surface area contributed by atoms with Gasteiger partial charge in [0.25, 0.3) is 0 Å². The molecule has 6 heteroatoms. The first kappa shape index (κ1) is 13.4. The average molecular weight is 284 g/mol. The van der Waals surface area contributed by atoms with Crippen molar-refractivity contribution in [2.45, 2.75) is 12.3 Å². The van der Waals surface area contributed by atoms with Crippen LogP contribution in [-0.2, 0) is 4.79 Å². The van der Waals surface area contributed by atoms with Gasteiger partial charge in [-0.1, -0.05) is 30.3 Å². The summed E-state index contributed by atoms with van der Waals surface area (Å²) in [6, 6.07) is 11.2. The van der Waals surface area contributed by atoms with Gasteiger partial charge in [-0.3, -0.25) is 4.79 Å². The second-order valence-electron chi connectivity index (χ2n) is 4.74. The van der Waals surface area contributed by atoms with Crippen molar-refractivity contribution in [2.75, 3.05) is 6.61 Å². The first-order valence-corrected chi connectivity index (χ1v) is 6.70. The number of aliphatic hydroxyl groups is 1. The van der Waals surface area contributed by atoms with Gasteiger partial charge in [0, 0.05) is 24.7 Å². The second kappa shape index (κ2) is 5.80. The Morgan fingerprint density at radius 2 is 2.10 bits per heavy atom. The van der Waals surface area contributed by atoms with Gasteiger partial charge in [-0.2, -0.15) is 5.10 Å². The van der Waals surface area contributed by atoms with Crippen molar-refractivity contribution in [1.82, 2.24) is 20.0 Å². The van der Waals surface area contributed by atoms with Crippen molar-refractivity contribution in [2.24, 2.45) is 0 Å². The van der Waals surface area contributed by atoms with E-state index in [1.165, 1.54) is 6.08 Å². The van der Waals surface area contributed by atoms with E-state index < -0.39 is 6.29 Å². The van der Waals surface area contributed by atoms with Crippen molar-refractivity contribution in [3.8, 4) is 0 Å². The maximum Gasteiger partial charge on any atom is 0.248 e. The van der Waals surface area contributed by atoms with Gasteiger partial charge < -0.3 is 15.3 Å². The molecule has 0 aliphatic carbocycles. The third kappa shape index (κ3) is 2.66. The van der Waals surface area contributed by atoms with Crippen molar-refractivity contribution >= 4 is 5.91 Å². The van der Waals surface area contributed by atoms with Gasteiger partial charge in [-0.25, -0.2) is 4.68 Å². The van der Waals surface area contributed by atoms with Crippen molar-refractivity contribution in [3.63, 3.8) is 0 Å². The number of nitrogens with one attached hydrogen (secondary N) is 1. The predicted octanol–water partition coefficient (Wildman–Crippen LogP) is 1.02. The number of amides is 1. The third-order valence-electron chi connectivity index (χ3n) is 3.44. The van der Waals surface area contributed by atoms with Gasteiger partial charge in [0.15, 0.2) is 0 Å². The van der Waals surface area contributed by atoms with Crippen molar-refractivity contribution in [3.05, 3.63) is 66.6 Å². The Labute approximate surface area is 122 Å². The van der Waals surface area contributed by atoms with Gasteiger partial charge in [0.05, 0.1) is 12.6 Å². The Balaban J connectivity index is 1.96. The molecule has 0 bridgehead atoms. The van der Waals surface area contributed by atoms with E-state index in [1.807, 2.05) is 35.2 Å². The fraction of sp³-hybridized carbons (Fsp3) is 0.200. The SMILES string of the molecule is O=C1C=CN([C@@H](CO)c2ccccc2)C(n2cccn2)N1. The summed E-state index contributed by atoms with van der Waals surface area (Å²) >= 11 is 0. The number of aromatic nitrogens is 2. The van der Waals surface area contributed by atoms with Crippen LogP contribution < -0.4 is 5.32 Å². The Morgan fingerprint density at radius 3 is 2.76 bits per heavy atom. The maximum absolute atomic E-state index is 11.6. The lowest BCUT2D eigenvalue weighted by molar-refractivity contribution is -0.121. The molecule has 0 saturated heterocycles. The van der Waals surface area contributed by atoms with E-state index in [2.05, 4.69) is 10.4 Å². The molecule has 1 amide bonds. The molecule has 2 heterocycles. The van der Waals surface area contributed by atoms with E-state index in [-0.39, 0.29) is 18.6 Å². The molecule has 108 valence electrons. The van der Waals surface area contributed by atoms with Crippen LogP contribution in [0.2, 0.25) is 0 Å². The highest BCUT2D eigenvalue weighted by Gasteiger charge is 2.29. The molecular weight excluding hydrogens is 268 g/mol. The van der Waals surface area contributed by atoms with Crippen LogP contribution in [0.5, 0.6) is 0 Å². The topological polar surface area (TPSA) is 70.4 Å². The van der Waals surface area contributed by atoms with Crippen LogP contribution in [0.25, 0.3) is 0 Å². The molecule has 0 fully saturated rings. The summed E-state index contributed by atoms with van der Waals surface area (Å²) in [6.45, 7) is -0.0675. The molecule has 1 aromatic heterocycles. The van der Waals surface area contributed by atoms with Crippen LogP contribution in [0.1, 0.15) is 17.9 Å². The van der Waals surface area contributed by atoms with Crippen LogP contribution in [0.15, 0.2) is 61.1 Å². The molecule has 1 aliphatic rings. The van der Waals surface area contributed by atoms with Crippen LogP contribution in [0, 0.1) is 0 Å². The summed E-state index contributed by atoms with van der Waals surface area (Å²) in [5, 5.41) is 16.8. The number of hydrogen-bond acceptors (Lipinski definition) is 4. The van der Waals surface area contributed by atoms with Crippen molar-refractivity contribution < 1.29 is 9.90 Å². The number of carbonyl (C=O) groups is 1. The molecule has 6 nitrogen and oxygen atoms in total. The molecule has 21 heavy (non-hydrogen) atoms. The monoisotopic (exact) mass is 284 g/mol. The summed E-state index contributed by atoms with van der Waals surface area (Å²) < 4.78 is 1.65. The normalized spacial score (nSPS) is 19.4. The molecule has 0 saturated carbocycles. The molecule has 1 aliphatic heterocycles. The van der Waals surface area contributed by atoms with Gasteiger partial charge in [0.2, 0.25) is 12.2 Å². The van der Waals surface area contributed by atoms with Crippen LogP contribution in [0.3, 0.4) is 0 Å². The van der Waals surface area contributed by atoms with E-state index in [9.17, 15) is 9.90 Å². The third-order valence-corrected chi connectivity index (χ3v) is 3.44. The van der Waals surface area contributed by atoms with Gasteiger partial charge in [-0.05, 0) is 11.6 Å². The summed E-state index contributed by atoms with van der Waals surface area (Å²) in [5.74, 6) is -0.184. The largest absolute Gasteiger partial charge is 0.394 e. The Kier molecular flexibility index (Phi) is 3.70. The molecule has 1 unspecified atom stereocenters. The number of benzene rings is 1. The second-order valence-corrected chi connectivity index (χ2v) is 4.74. The highest BCUT2D eigenvalue weighted by Crippen LogP contribution is 2.27. The lowest BCUT2D eigenvalue weighted by atomic mass is 10.1. The zero-order valence-electron chi connectivity index (χ0n) is 11.3. The first-order valence-electron chi connectivity index (χ1n) is 6.70. The lowest BCUT2D eigenvalue weighted by Gasteiger charge is -2.38. The highest BCUT2D eigenvalue weighted by atomic mass is 16.3. The lowest BCUT2D eigenvalue weighted by Crippen LogP contribution is -2.47.